The van der Waals surface area contributed by atoms with Gasteiger partial charge < -0.3 is 21.0 Å². The molecule has 0 aliphatic rings. The number of unbranched alkanes of at least 4 members (excludes halogenated alkanes) is 1. The van der Waals surface area contributed by atoms with Crippen molar-refractivity contribution < 1.29 is 0 Å². The molecule has 0 atom stereocenters. The Morgan fingerprint density at radius 3 is 1.42 bits per heavy atom. The maximum Gasteiger partial charge on any atom is 0.0711 e. The second-order valence-electron chi connectivity index (χ2n) is 14.6. The molecule has 0 aliphatic heterocycles. The number of nitrogens with two attached hydrogens (primary N) is 1. The molecular weight excluding hydrogens is 649 g/mol. The van der Waals surface area contributed by atoms with Gasteiger partial charge in [-0.2, -0.15) is 0 Å². The summed E-state index contributed by atoms with van der Waals surface area (Å²) < 4.78 is 5.03. The normalized spacial score (nSPS) is 11.9. The van der Waals surface area contributed by atoms with Gasteiger partial charge in [0.05, 0.1) is 22.4 Å². The van der Waals surface area contributed by atoms with Crippen LogP contribution < -0.4 is 11.9 Å². The molecule has 0 aliphatic carbocycles. The van der Waals surface area contributed by atoms with E-state index in [-0.39, 0.29) is 6.15 Å². The van der Waals surface area contributed by atoms with E-state index in [9.17, 15) is 0 Å². The molecule has 8 aromatic rings. The van der Waals surface area contributed by atoms with Gasteiger partial charge in [-0.05, 0) is 67.5 Å². The smallest absolute Gasteiger partial charge is 0.0711 e. The lowest BCUT2D eigenvalue weighted by Crippen LogP contribution is -2.45. The monoisotopic (exact) mass is 700 g/mol. The minimum absolute atomic E-state index is 0. The number of pyridine rings is 2. The topological polar surface area (TPSA) is 96.7 Å². The van der Waals surface area contributed by atoms with Crippen molar-refractivity contribution in [3.05, 3.63) is 156 Å². The molecule has 4 aromatic carbocycles. The van der Waals surface area contributed by atoms with Crippen LogP contribution in [0.3, 0.4) is 0 Å². The fourth-order valence-corrected chi connectivity index (χ4v) is 8.48. The number of para-hydroxylation sites is 2. The van der Waals surface area contributed by atoms with Gasteiger partial charge in [0.2, 0.25) is 0 Å². The fourth-order valence-electron chi connectivity index (χ4n) is 8.48. The van der Waals surface area contributed by atoms with Crippen LogP contribution in [-0.2, 0) is 38.8 Å². The number of fused-ring (bicyclic) bond motifs is 6. The van der Waals surface area contributed by atoms with E-state index in [2.05, 4.69) is 137 Å². The number of rotatable bonds is 15. The molecule has 0 amide bonds. The quantitative estimate of drug-likeness (QED) is 0.111. The molecule has 0 fully saturated rings. The fraction of sp³-hybridized carbons (Fsp3) is 0.277. The largest absolute Gasteiger partial charge is 0.344 e. The molecule has 0 saturated carbocycles. The molecule has 270 valence electrons. The number of hydrogen-bond donors (Lipinski definition) is 2. The van der Waals surface area contributed by atoms with Gasteiger partial charge in [0.1, 0.15) is 0 Å². The molecule has 5 N–H and O–H groups in total. The van der Waals surface area contributed by atoms with Gasteiger partial charge in [0.15, 0.2) is 0 Å². The summed E-state index contributed by atoms with van der Waals surface area (Å²) in [5.41, 5.74) is 17.1. The van der Waals surface area contributed by atoms with E-state index in [1.807, 2.05) is 12.4 Å². The first kappa shape index (κ1) is 36.1. The number of nitrogens with zero attached hydrogens (tertiary/aromatic N) is 4. The highest BCUT2D eigenvalue weighted by Crippen LogP contribution is 2.36. The first-order valence-corrected chi connectivity index (χ1v) is 19.2. The molecule has 0 bridgehead atoms. The zero-order chi connectivity index (χ0) is 35.3. The van der Waals surface area contributed by atoms with Gasteiger partial charge in [-0.15, -0.1) is 0 Å². The van der Waals surface area contributed by atoms with Gasteiger partial charge >= 0.3 is 0 Å². The average Bonchev–Trinajstić information content (AvgIpc) is 3.69. The van der Waals surface area contributed by atoms with Crippen molar-refractivity contribution in [2.75, 3.05) is 0 Å². The van der Waals surface area contributed by atoms with Crippen molar-refractivity contribution in [2.45, 2.75) is 83.3 Å². The van der Waals surface area contributed by atoms with Crippen LogP contribution in [0.1, 0.15) is 61.5 Å². The highest BCUT2D eigenvalue weighted by molar-refractivity contribution is 6.09. The van der Waals surface area contributed by atoms with Crippen molar-refractivity contribution in [1.82, 2.24) is 25.3 Å². The van der Waals surface area contributed by atoms with Crippen LogP contribution in [0.5, 0.6) is 0 Å². The number of hydrogen-bond acceptors (Lipinski definition) is 4. The summed E-state index contributed by atoms with van der Waals surface area (Å²) in [5.74, 6) is 0. The highest BCUT2D eigenvalue weighted by atomic mass is 15.0. The van der Waals surface area contributed by atoms with Gasteiger partial charge in [-0.25, -0.2) is 0 Å². The summed E-state index contributed by atoms with van der Waals surface area (Å²) in [6.45, 7) is 4.11. The van der Waals surface area contributed by atoms with Crippen LogP contribution in [0, 0.1) is 0 Å². The first-order valence-electron chi connectivity index (χ1n) is 19.2. The molecule has 0 unspecified atom stereocenters. The lowest BCUT2D eigenvalue weighted by Gasteiger charge is -2.30. The Labute approximate surface area is 313 Å². The van der Waals surface area contributed by atoms with E-state index in [0.29, 0.717) is 12.8 Å². The Balaban J connectivity index is 0.00000435. The molecule has 0 saturated heterocycles. The molecule has 6 nitrogen and oxygen atoms in total. The lowest BCUT2D eigenvalue weighted by atomic mass is 9.83. The maximum atomic E-state index is 7.67. The van der Waals surface area contributed by atoms with Crippen molar-refractivity contribution >= 4 is 43.6 Å². The van der Waals surface area contributed by atoms with E-state index in [1.54, 1.807) is 0 Å². The Hall–Kier alpha value is -5.30. The van der Waals surface area contributed by atoms with Gasteiger partial charge in [0, 0.05) is 76.4 Å². The minimum atomic E-state index is -0.519. The number of aromatic nitrogens is 4. The van der Waals surface area contributed by atoms with Crippen molar-refractivity contribution in [3.63, 3.8) is 0 Å². The van der Waals surface area contributed by atoms with Crippen LogP contribution in [0.25, 0.3) is 43.6 Å². The van der Waals surface area contributed by atoms with E-state index >= 15 is 0 Å². The molecule has 0 spiro atoms. The van der Waals surface area contributed by atoms with E-state index < -0.39 is 5.54 Å². The summed E-state index contributed by atoms with van der Waals surface area (Å²) >= 11 is 0. The Kier molecular flexibility index (Phi) is 11.0. The van der Waals surface area contributed by atoms with Crippen molar-refractivity contribution in [1.29, 1.82) is 0 Å². The van der Waals surface area contributed by atoms with E-state index in [1.165, 1.54) is 54.7 Å². The molecule has 4 aromatic heterocycles. The van der Waals surface area contributed by atoms with Crippen LogP contribution in [0.15, 0.2) is 134 Å². The van der Waals surface area contributed by atoms with Gasteiger partial charge in [-0.1, -0.05) is 117 Å². The predicted molar refractivity (Wildman–Crippen MR) is 223 cm³/mol. The SMILES string of the molecule is CCCCC(N)(Cc1nccc2c3ccccc3n(CCCc3ccccc3)c12)Cc1nccc2c3ccccc3n(CCCc3ccccc3)c12.N. The van der Waals surface area contributed by atoms with Crippen LogP contribution in [-0.4, -0.2) is 24.6 Å². The Morgan fingerprint density at radius 2 is 0.962 bits per heavy atom. The maximum absolute atomic E-state index is 7.67. The van der Waals surface area contributed by atoms with Gasteiger partial charge in [0.25, 0.3) is 0 Å². The Morgan fingerprint density at radius 1 is 0.528 bits per heavy atom. The summed E-state index contributed by atoms with van der Waals surface area (Å²) in [5, 5.41) is 5.08. The first-order chi connectivity index (χ1) is 25.6. The van der Waals surface area contributed by atoms with E-state index in [0.717, 1.165) is 69.4 Å². The van der Waals surface area contributed by atoms with Crippen molar-refractivity contribution in [2.24, 2.45) is 5.73 Å². The molecular formula is C47H52N6. The molecule has 8 rings (SSSR count). The molecule has 0 radical (unpaired) electrons. The summed E-state index contributed by atoms with van der Waals surface area (Å²) in [7, 11) is 0. The highest BCUT2D eigenvalue weighted by Gasteiger charge is 2.30. The summed E-state index contributed by atoms with van der Waals surface area (Å²) in [6.07, 6.45) is 12.6. The second-order valence-corrected chi connectivity index (χ2v) is 14.6. The minimum Gasteiger partial charge on any atom is -0.344 e. The Bertz CT molecular complexity index is 2260. The van der Waals surface area contributed by atoms with Crippen LogP contribution >= 0.6 is 0 Å². The molecule has 4 heterocycles. The zero-order valence-electron chi connectivity index (χ0n) is 31.1. The average molecular weight is 701 g/mol. The predicted octanol–water partition coefficient (Wildman–Crippen LogP) is 10.8. The summed E-state index contributed by atoms with van der Waals surface area (Å²) in [4.78, 5) is 10.2. The summed E-state index contributed by atoms with van der Waals surface area (Å²) in [6, 6.07) is 43.6. The molecule has 6 heteroatoms. The zero-order valence-corrected chi connectivity index (χ0v) is 31.1. The third-order valence-electron chi connectivity index (χ3n) is 11.0. The third-order valence-corrected chi connectivity index (χ3v) is 11.0. The molecule has 53 heavy (non-hydrogen) atoms. The third kappa shape index (κ3) is 7.48. The second kappa shape index (κ2) is 16.2. The van der Waals surface area contributed by atoms with Crippen LogP contribution in [0.2, 0.25) is 0 Å². The standard InChI is InChI=1S/C47H49N5.H3N/c1-2-3-28-47(48,33-41-45-39(26-29-49-41)37-22-10-12-24-43(37)51(45)31-14-20-35-16-6-4-7-17-35)34-42-46-40(27-30-50-42)38-23-11-13-25-44(38)52(46)32-15-21-36-18-8-5-9-19-36;/h4-13,16-19,22-27,29-30H,2-3,14-15,20-21,28,31-34,48H2,1H3;1H3. The van der Waals surface area contributed by atoms with Crippen molar-refractivity contribution in [3.8, 4) is 0 Å². The number of benzene rings is 4. The van der Waals surface area contributed by atoms with E-state index in [4.69, 9.17) is 15.7 Å². The lowest BCUT2D eigenvalue weighted by molar-refractivity contribution is 0.369. The van der Waals surface area contributed by atoms with Crippen LogP contribution in [0.4, 0.5) is 0 Å². The number of aryl methyl sites for hydroxylation is 4. The van der Waals surface area contributed by atoms with Gasteiger partial charge in [-0.3, -0.25) is 9.97 Å².